The third-order valence-corrected chi connectivity index (χ3v) is 10.3. The molecule has 6 aromatic carbocycles. The van der Waals surface area contributed by atoms with Gasteiger partial charge in [-0.3, -0.25) is 0 Å². The molecule has 3 aliphatic heterocycles. The van der Waals surface area contributed by atoms with Crippen molar-refractivity contribution in [3.63, 3.8) is 0 Å². The fourth-order valence-corrected chi connectivity index (χ4v) is 7.81. The summed E-state index contributed by atoms with van der Waals surface area (Å²) in [6.07, 6.45) is 4.55. The van der Waals surface area contributed by atoms with Crippen molar-refractivity contribution in [2.24, 2.45) is 0 Å². The van der Waals surface area contributed by atoms with Crippen molar-refractivity contribution >= 4 is 49.8 Å². The minimum Gasteiger partial charge on any atom is -0.497 e. The number of nitrogens with zero attached hydrogens (tertiary/aromatic N) is 2. The lowest BCUT2D eigenvalue weighted by atomic mass is 9.82. The Balaban J connectivity index is 1.31. The Labute approximate surface area is 280 Å². The van der Waals surface area contributed by atoms with Crippen LogP contribution in [0.3, 0.4) is 0 Å². The largest absolute Gasteiger partial charge is 0.497 e. The van der Waals surface area contributed by atoms with Gasteiger partial charge < -0.3 is 28.7 Å². The molecule has 6 nitrogen and oxygen atoms in total. The van der Waals surface area contributed by atoms with Crippen LogP contribution in [0.5, 0.6) is 11.5 Å². The molecule has 2 fully saturated rings. The van der Waals surface area contributed by atoms with Crippen LogP contribution in [-0.2, 0) is 15.1 Å². The molecule has 0 aromatic heterocycles. The second-order valence-electron chi connectivity index (χ2n) is 12.8. The maximum absolute atomic E-state index is 7.63. The Morgan fingerprint density at radius 1 is 0.604 bits per heavy atom. The lowest BCUT2D eigenvalue weighted by molar-refractivity contribution is 0.122. The van der Waals surface area contributed by atoms with Crippen LogP contribution in [0.1, 0.15) is 16.7 Å². The van der Waals surface area contributed by atoms with Crippen LogP contribution >= 0.6 is 0 Å². The number of fused-ring (bicyclic) bond motifs is 8. The first-order valence-corrected chi connectivity index (χ1v) is 16.9. The SMILES string of the molecule is COc1ccc(C2(c3ccc(N4CCOCC4)cc3)C=Cc3c(N4CCOCC4)cc4c5ccccc5c5ccccc5c4c3O2)cc1. The normalized spacial score (nSPS) is 19.4. The zero-order chi connectivity index (χ0) is 32.1. The Morgan fingerprint density at radius 3 is 1.77 bits per heavy atom. The van der Waals surface area contributed by atoms with Gasteiger partial charge in [-0.05, 0) is 69.4 Å². The molecule has 0 N–H and O–H groups in total. The summed E-state index contributed by atoms with van der Waals surface area (Å²) >= 11 is 0. The van der Waals surface area contributed by atoms with Crippen molar-refractivity contribution in [2.75, 3.05) is 69.5 Å². The van der Waals surface area contributed by atoms with Gasteiger partial charge in [0.15, 0.2) is 5.60 Å². The van der Waals surface area contributed by atoms with E-state index in [0.29, 0.717) is 13.2 Å². The molecule has 1 atom stereocenters. The van der Waals surface area contributed by atoms with Crippen molar-refractivity contribution in [2.45, 2.75) is 5.60 Å². The predicted octanol–water partition coefficient (Wildman–Crippen LogP) is 8.18. The number of hydrogen-bond acceptors (Lipinski definition) is 6. The highest BCUT2D eigenvalue weighted by Crippen LogP contribution is 2.51. The van der Waals surface area contributed by atoms with E-state index in [4.69, 9.17) is 18.9 Å². The highest BCUT2D eigenvalue weighted by molar-refractivity contribution is 6.28. The monoisotopic (exact) mass is 634 g/mol. The number of anilines is 2. The summed E-state index contributed by atoms with van der Waals surface area (Å²) in [4.78, 5) is 4.84. The summed E-state index contributed by atoms with van der Waals surface area (Å²) in [7, 11) is 1.71. The maximum atomic E-state index is 7.63. The summed E-state index contributed by atoms with van der Waals surface area (Å²) in [6.45, 7) is 6.38. The zero-order valence-corrected chi connectivity index (χ0v) is 27.2. The molecule has 0 amide bonds. The summed E-state index contributed by atoms with van der Waals surface area (Å²) in [5.74, 6) is 1.72. The second kappa shape index (κ2) is 11.9. The van der Waals surface area contributed by atoms with Crippen LogP contribution in [0.15, 0.2) is 109 Å². The molecule has 0 aliphatic carbocycles. The average Bonchev–Trinajstić information content (AvgIpc) is 3.18. The van der Waals surface area contributed by atoms with Crippen molar-refractivity contribution in [1.82, 2.24) is 0 Å². The molecular weight excluding hydrogens is 596 g/mol. The Hall–Kier alpha value is -5.04. The number of rotatable bonds is 5. The number of morpholine rings is 2. The number of hydrogen-bond donors (Lipinski definition) is 0. The topological polar surface area (TPSA) is 43.4 Å². The second-order valence-corrected chi connectivity index (χ2v) is 12.8. The molecule has 0 radical (unpaired) electrons. The molecule has 3 aliphatic rings. The fourth-order valence-electron chi connectivity index (χ4n) is 7.81. The van der Waals surface area contributed by atoms with Gasteiger partial charge in [0.1, 0.15) is 11.5 Å². The standard InChI is InChI=1S/C42H38N2O4/c1-45-32-16-12-30(13-17-32)42(29-10-14-31(15-11-29)43-20-24-46-25-21-43)19-18-37-39(44-22-26-47-27-23-44)28-38-35-8-3-2-6-33(35)34-7-4-5-9-36(34)40(38)41(37)48-42/h2-19,28H,20-27H2,1H3. The first-order chi connectivity index (χ1) is 23.7. The lowest BCUT2D eigenvalue weighted by Crippen LogP contribution is -2.38. The minimum absolute atomic E-state index is 0.709. The van der Waals surface area contributed by atoms with Gasteiger partial charge in [0.2, 0.25) is 0 Å². The molecule has 2 saturated heterocycles. The Bertz CT molecular complexity index is 2160. The number of methoxy groups -OCH3 is 1. The fraction of sp³-hybridized carbons (Fsp3) is 0.238. The van der Waals surface area contributed by atoms with Crippen LogP contribution in [0, 0.1) is 0 Å². The Morgan fingerprint density at radius 2 is 1.15 bits per heavy atom. The third-order valence-electron chi connectivity index (χ3n) is 10.3. The molecule has 6 aromatic rings. The van der Waals surface area contributed by atoms with E-state index in [0.717, 1.165) is 73.0 Å². The molecule has 6 heteroatoms. The maximum Gasteiger partial charge on any atom is 0.178 e. The van der Waals surface area contributed by atoms with Gasteiger partial charge in [0, 0.05) is 59.6 Å². The van der Waals surface area contributed by atoms with Crippen molar-refractivity contribution < 1.29 is 18.9 Å². The lowest BCUT2D eigenvalue weighted by Gasteiger charge is -2.39. The van der Waals surface area contributed by atoms with E-state index in [1.807, 2.05) is 12.1 Å². The van der Waals surface area contributed by atoms with Gasteiger partial charge in [0.05, 0.1) is 33.5 Å². The highest BCUT2D eigenvalue weighted by Gasteiger charge is 2.39. The quantitative estimate of drug-likeness (QED) is 0.178. The molecule has 0 spiro atoms. The van der Waals surface area contributed by atoms with E-state index < -0.39 is 5.60 Å². The van der Waals surface area contributed by atoms with Crippen molar-refractivity contribution in [3.05, 3.63) is 126 Å². The van der Waals surface area contributed by atoms with E-state index in [1.54, 1.807) is 7.11 Å². The van der Waals surface area contributed by atoms with Crippen LogP contribution < -0.4 is 19.3 Å². The van der Waals surface area contributed by atoms with Crippen molar-refractivity contribution in [1.29, 1.82) is 0 Å². The molecule has 9 rings (SSSR count). The van der Waals surface area contributed by atoms with Gasteiger partial charge >= 0.3 is 0 Å². The molecule has 0 saturated carbocycles. The predicted molar refractivity (Wildman–Crippen MR) is 195 cm³/mol. The van der Waals surface area contributed by atoms with E-state index in [1.165, 1.54) is 38.3 Å². The molecule has 48 heavy (non-hydrogen) atoms. The first kappa shape index (κ1) is 29.1. The number of benzene rings is 6. The smallest absolute Gasteiger partial charge is 0.178 e. The summed E-state index contributed by atoms with van der Waals surface area (Å²) < 4.78 is 24.6. The van der Waals surface area contributed by atoms with Crippen LogP contribution in [0.4, 0.5) is 11.4 Å². The van der Waals surface area contributed by atoms with Crippen LogP contribution in [0.2, 0.25) is 0 Å². The van der Waals surface area contributed by atoms with E-state index in [9.17, 15) is 0 Å². The summed E-state index contributed by atoms with van der Waals surface area (Å²) in [5, 5.41) is 7.24. The summed E-state index contributed by atoms with van der Waals surface area (Å²) in [5.41, 5.74) is 4.74. The first-order valence-electron chi connectivity index (χ1n) is 16.9. The van der Waals surface area contributed by atoms with Crippen molar-refractivity contribution in [3.8, 4) is 11.5 Å². The average molecular weight is 635 g/mol. The zero-order valence-electron chi connectivity index (χ0n) is 27.2. The molecule has 1 unspecified atom stereocenters. The van der Waals surface area contributed by atoms with Gasteiger partial charge in [-0.15, -0.1) is 0 Å². The van der Waals surface area contributed by atoms with Gasteiger partial charge in [-0.2, -0.15) is 0 Å². The number of ether oxygens (including phenoxy) is 4. The Kier molecular flexibility index (Phi) is 7.21. The third kappa shape index (κ3) is 4.70. The molecule has 0 bridgehead atoms. The highest BCUT2D eigenvalue weighted by atomic mass is 16.5. The van der Waals surface area contributed by atoms with Crippen LogP contribution in [0.25, 0.3) is 38.4 Å². The minimum atomic E-state index is -0.869. The van der Waals surface area contributed by atoms with E-state index >= 15 is 0 Å². The van der Waals surface area contributed by atoms with Crippen LogP contribution in [-0.4, -0.2) is 59.7 Å². The van der Waals surface area contributed by atoms with E-state index in [-0.39, 0.29) is 0 Å². The molecule has 240 valence electrons. The van der Waals surface area contributed by atoms with E-state index in [2.05, 4.69) is 113 Å². The van der Waals surface area contributed by atoms with Gasteiger partial charge in [0.25, 0.3) is 0 Å². The molecule has 3 heterocycles. The van der Waals surface area contributed by atoms with Gasteiger partial charge in [-0.25, -0.2) is 0 Å². The molecular formula is C42H38N2O4. The summed E-state index contributed by atoms with van der Waals surface area (Å²) in [6, 6.07) is 37.1. The van der Waals surface area contributed by atoms with Gasteiger partial charge in [-0.1, -0.05) is 72.8 Å².